The van der Waals surface area contributed by atoms with Crippen molar-refractivity contribution in [2.75, 3.05) is 16.8 Å². The van der Waals surface area contributed by atoms with E-state index in [0.29, 0.717) is 12.2 Å². The summed E-state index contributed by atoms with van der Waals surface area (Å²) in [6, 6.07) is 28.1. The fourth-order valence-corrected chi connectivity index (χ4v) is 4.65. The molecule has 1 N–H and O–H groups in total. The largest absolute Gasteiger partial charge is 0.493 e. The van der Waals surface area contributed by atoms with Gasteiger partial charge in [-0.2, -0.15) is 0 Å². The van der Waals surface area contributed by atoms with Gasteiger partial charge in [-0.3, -0.25) is 9.69 Å². The van der Waals surface area contributed by atoms with E-state index in [1.807, 2.05) is 78.6 Å². The maximum atomic E-state index is 13.9. The minimum atomic E-state index is -0.395. The SMILES string of the molecule is CCOc1ccccc1[C@H]1Nc2ccc(I)cc2C(=O)N1c1cccc2ccccc12. The molecular formula is C26H21IN2O2. The number of carbonyl (C=O) groups is 1. The summed E-state index contributed by atoms with van der Waals surface area (Å²) in [5.41, 5.74) is 3.30. The Bertz CT molecular complexity index is 1280. The van der Waals surface area contributed by atoms with E-state index in [0.717, 1.165) is 37.0 Å². The van der Waals surface area contributed by atoms with E-state index >= 15 is 0 Å². The molecule has 1 amide bonds. The van der Waals surface area contributed by atoms with E-state index in [1.165, 1.54) is 0 Å². The molecule has 1 heterocycles. The molecule has 0 fully saturated rings. The number of para-hydroxylation sites is 1. The Kier molecular flexibility index (Phi) is 5.28. The molecule has 0 spiro atoms. The average Bonchev–Trinajstić information content (AvgIpc) is 2.80. The monoisotopic (exact) mass is 520 g/mol. The zero-order chi connectivity index (χ0) is 21.4. The number of benzene rings is 4. The van der Waals surface area contributed by atoms with Crippen LogP contribution in [0.5, 0.6) is 5.75 Å². The molecule has 5 rings (SSSR count). The first-order valence-electron chi connectivity index (χ1n) is 10.3. The standard InChI is InChI=1S/C26H21IN2O2/c1-2-31-24-13-6-5-11-20(24)25-28-22-15-14-18(27)16-21(22)26(30)29(25)23-12-7-9-17-8-3-4-10-19(17)23/h3-16,25,28H,2H2,1H3/t25-/m0/s1. The third-order valence-corrected chi connectivity index (χ3v) is 6.19. The van der Waals surface area contributed by atoms with Crippen molar-refractivity contribution in [3.8, 4) is 5.75 Å². The Balaban J connectivity index is 1.75. The first-order chi connectivity index (χ1) is 15.2. The summed E-state index contributed by atoms with van der Waals surface area (Å²) in [7, 11) is 0. The summed E-state index contributed by atoms with van der Waals surface area (Å²) >= 11 is 2.25. The summed E-state index contributed by atoms with van der Waals surface area (Å²) in [5.74, 6) is 0.745. The lowest BCUT2D eigenvalue weighted by Gasteiger charge is -2.39. The van der Waals surface area contributed by atoms with Gasteiger partial charge < -0.3 is 10.1 Å². The van der Waals surface area contributed by atoms with Crippen LogP contribution in [-0.4, -0.2) is 12.5 Å². The number of anilines is 2. The number of carbonyl (C=O) groups excluding carboxylic acids is 1. The number of amides is 1. The second kappa shape index (κ2) is 8.23. The van der Waals surface area contributed by atoms with Crippen LogP contribution in [0.25, 0.3) is 10.8 Å². The molecule has 5 heteroatoms. The Hall–Kier alpha value is -3.06. The third-order valence-electron chi connectivity index (χ3n) is 5.52. The van der Waals surface area contributed by atoms with Gasteiger partial charge in [-0.15, -0.1) is 0 Å². The lowest BCUT2D eigenvalue weighted by molar-refractivity contribution is 0.0975. The normalized spacial score (nSPS) is 15.5. The molecule has 0 saturated carbocycles. The van der Waals surface area contributed by atoms with Crippen LogP contribution >= 0.6 is 22.6 Å². The van der Waals surface area contributed by atoms with Crippen molar-refractivity contribution in [1.82, 2.24) is 0 Å². The molecular weight excluding hydrogens is 499 g/mol. The number of hydrogen-bond acceptors (Lipinski definition) is 3. The van der Waals surface area contributed by atoms with E-state index in [4.69, 9.17) is 4.74 Å². The fraction of sp³-hybridized carbons (Fsp3) is 0.115. The highest BCUT2D eigenvalue weighted by atomic mass is 127. The number of fused-ring (bicyclic) bond motifs is 2. The van der Waals surface area contributed by atoms with Gasteiger partial charge in [0.25, 0.3) is 5.91 Å². The van der Waals surface area contributed by atoms with Crippen molar-refractivity contribution in [2.24, 2.45) is 0 Å². The number of nitrogens with zero attached hydrogens (tertiary/aromatic N) is 1. The third kappa shape index (κ3) is 3.53. The summed E-state index contributed by atoms with van der Waals surface area (Å²) < 4.78 is 6.95. The highest BCUT2D eigenvalue weighted by molar-refractivity contribution is 14.1. The van der Waals surface area contributed by atoms with Crippen molar-refractivity contribution in [1.29, 1.82) is 0 Å². The van der Waals surface area contributed by atoms with Gasteiger partial charge in [0, 0.05) is 20.2 Å². The van der Waals surface area contributed by atoms with E-state index in [1.54, 1.807) is 0 Å². The Morgan fingerprint density at radius 3 is 2.61 bits per heavy atom. The highest BCUT2D eigenvalue weighted by Crippen LogP contribution is 2.42. The number of ether oxygens (including phenoxy) is 1. The number of hydrogen-bond donors (Lipinski definition) is 1. The van der Waals surface area contributed by atoms with E-state index in [9.17, 15) is 4.79 Å². The second-order valence-corrected chi connectivity index (χ2v) is 8.63. The Labute approximate surface area is 195 Å². The first kappa shape index (κ1) is 19.9. The predicted molar refractivity (Wildman–Crippen MR) is 134 cm³/mol. The highest BCUT2D eigenvalue weighted by Gasteiger charge is 2.36. The molecule has 0 aromatic heterocycles. The molecule has 0 aliphatic carbocycles. The van der Waals surface area contributed by atoms with Crippen LogP contribution in [0.1, 0.15) is 29.0 Å². The molecule has 4 aromatic carbocycles. The zero-order valence-electron chi connectivity index (χ0n) is 17.0. The van der Waals surface area contributed by atoms with Gasteiger partial charge in [-0.1, -0.05) is 54.6 Å². The molecule has 0 bridgehead atoms. The Morgan fingerprint density at radius 2 is 1.74 bits per heavy atom. The van der Waals surface area contributed by atoms with Crippen molar-refractivity contribution in [3.63, 3.8) is 0 Å². The topological polar surface area (TPSA) is 41.6 Å². The number of halogens is 1. The van der Waals surface area contributed by atoms with E-state index in [-0.39, 0.29) is 5.91 Å². The molecule has 0 unspecified atom stereocenters. The molecule has 154 valence electrons. The number of nitrogens with one attached hydrogen (secondary N) is 1. The van der Waals surface area contributed by atoms with Gasteiger partial charge >= 0.3 is 0 Å². The van der Waals surface area contributed by atoms with Crippen molar-refractivity contribution >= 4 is 50.6 Å². The van der Waals surface area contributed by atoms with Gasteiger partial charge in [0.05, 0.1) is 17.9 Å². The molecule has 0 saturated heterocycles. The van der Waals surface area contributed by atoms with Gasteiger partial charge in [-0.25, -0.2) is 0 Å². The Morgan fingerprint density at radius 1 is 0.968 bits per heavy atom. The van der Waals surface area contributed by atoms with Crippen LogP contribution in [0.2, 0.25) is 0 Å². The van der Waals surface area contributed by atoms with Crippen LogP contribution in [0.15, 0.2) is 84.9 Å². The lowest BCUT2D eigenvalue weighted by Crippen LogP contribution is -2.43. The van der Waals surface area contributed by atoms with Gasteiger partial charge in [-0.05, 0) is 65.2 Å². The summed E-state index contributed by atoms with van der Waals surface area (Å²) in [4.78, 5) is 15.8. The maximum Gasteiger partial charge on any atom is 0.262 e. The summed E-state index contributed by atoms with van der Waals surface area (Å²) in [5, 5.41) is 5.74. The molecule has 4 aromatic rings. The predicted octanol–water partition coefficient (Wildman–Crippen LogP) is 6.61. The minimum Gasteiger partial charge on any atom is -0.493 e. The second-order valence-electron chi connectivity index (χ2n) is 7.38. The van der Waals surface area contributed by atoms with Crippen molar-refractivity contribution in [2.45, 2.75) is 13.1 Å². The quantitative estimate of drug-likeness (QED) is 0.308. The smallest absolute Gasteiger partial charge is 0.262 e. The summed E-state index contributed by atoms with van der Waals surface area (Å²) in [6.45, 7) is 2.52. The lowest BCUT2D eigenvalue weighted by atomic mass is 10.00. The molecule has 4 nitrogen and oxygen atoms in total. The van der Waals surface area contributed by atoms with Crippen LogP contribution in [0, 0.1) is 3.57 Å². The van der Waals surface area contributed by atoms with Crippen LogP contribution in [-0.2, 0) is 0 Å². The minimum absolute atomic E-state index is 0.0279. The number of rotatable bonds is 4. The molecule has 1 aliphatic rings. The first-order valence-corrected chi connectivity index (χ1v) is 11.3. The molecule has 31 heavy (non-hydrogen) atoms. The van der Waals surface area contributed by atoms with Crippen LogP contribution in [0.3, 0.4) is 0 Å². The van der Waals surface area contributed by atoms with Crippen molar-refractivity contribution < 1.29 is 9.53 Å². The molecule has 0 radical (unpaired) electrons. The van der Waals surface area contributed by atoms with Crippen molar-refractivity contribution in [3.05, 3.63) is 99.6 Å². The van der Waals surface area contributed by atoms with Crippen LogP contribution < -0.4 is 15.0 Å². The van der Waals surface area contributed by atoms with Gasteiger partial charge in [0.1, 0.15) is 11.9 Å². The maximum absolute atomic E-state index is 13.9. The fourth-order valence-electron chi connectivity index (χ4n) is 4.16. The summed E-state index contributed by atoms with van der Waals surface area (Å²) in [6.07, 6.45) is -0.395. The molecule has 1 aliphatic heterocycles. The molecule has 1 atom stereocenters. The van der Waals surface area contributed by atoms with Crippen LogP contribution in [0.4, 0.5) is 11.4 Å². The van der Waals surface area contributed by atoms with Gasteiger partial charge in [0.15, 0.2) is 0 Å². The van der Waals surface area contributed by atoms with E-state index < -0.39 is 6.17 Å². The van der Waals surface area contributed by atoms with E-state index in [2.05, 4.69) is 46.1 Å². The zero-order valence-corrected chi connectivity index (χ0v) is 19.2. The average molecular weight is 520 g/mol. The van der Waals surface area contributed by atoms with Gasteiger partial charge in [0.2, 0.25) is 0 Å².